The Hall–Kier alpha value is -2.24. The van der Waals surface area contributed by atoms with Crippen molar-refractivity contribution in [2.45, 2.75) is 18.4 Å². The van der Waals surface area contributed by atoms with Crippen LogP contribution >= 0.6 is 15.9 Å². The highest BCUT2D eigenvalue weighted by atomic mass is 79.9. The molecule has 1 aromatic carbocycles. The van der Waals surface area contributed by atoms with Crippen LogP contribution < -0.4 is 0 Å². The van der Waals surface area contributed by atoms with Crippen LogP contribution in [-0.2, 0) is 21.4 Å². The molecular weight excluding hydrogens is 465 g/mol. The fourth-order valence-electron chi connectivity index (χ4n) is 2.41. The van der Waals surface area contributed by atoms with Crippen LogP contribution in [0.15, 0.2) is 34.3 Å². The van der Waals surface area contributed by atoms with E-state index in [1.807, 2.05) is 0 Å². The van der Waals surface area contributed by atoms with Crippen molar-refractivity contribution in [3.05, 3.63) is 63.7 Å². The van der Waals surface area contributed by atoms with Crippen molar-refractivity contribution in [3.8, 4) is 0 Å². The average molecular weight is 479 g/mol. The van der Waals surface area contributed by atoms with Crippen LogP contribution in [0.2, 0.25) is 0 Å². The van der Waals surface area contributed by atoms with Crippen LogP contribution in [0.3, 0.4) is 0 Å². The number of pyridine rings is 1. The van der Waals surface area contributed by atoms with Gasteiger partial charge in [-0.2, -0.15) is 4.31 Å². The van der Waals surface area contributed by atoms with Crippen molar-refractivity contribution >= 4 is 38.0 Å². The van der Waals surface area contributed by atoms with Crippen LogP contribution in [0.4, 0.5) is 13.2 Å². The number of rotatable bonds is 7. The monoisotopic (exact) mass is 478 g/mol. The molecule has 0 aliphatic heterocycles. The van der Waals surface area contributed by atoms with E-state index in [0.29, 0.717) is 21.6 Å². The zero-order chi connectivity index (χ0) is 21.2. The van der Waals surface area contributed by atoms with Crippen molar-refractivity contribution in [3.63, 3.8) is 0 Å². The molecule has 0 saturated heterocycles. The predicted molar refractivity (Wildman–Crippen MR) is 98.3 cm³/mol. The van der Waals surface area contributed by atoms with Gasteiger partial charge in [0.15, 0.2) is 11.6 Å². The molecule has 150 valence electrons. The van der Waals surface area contributed by atoms with Crippen LogP contribution in [0.1, 0.15) is 16.8 Å². The van der Waals surface area contributed by atoms with E-state index in [0.717, 1.165) is 0 Å². The number of hydrogen-bond donors (Lipinski definition) is 1. The molecule has 0 atom stereocenters. The maximum atomic E-state index is 14.5. The minimum atomic E-state index is -4.95. The molecule has 0 fully saturated rings. The molecule has 0 amide bonds. The minimum Gasteiger partial charge on any atom is -0.480 e. The molecule has 0 unspecified atom stereocenters. The van der Waals surface area contributed by atoms with Crippen molar-refractivity contribution in [2.24, 2.45) is 0 Å². The van der Waals surface area contributed by atoms with Gasteiger partial charge in [-0.15, -0.1) is 0 Å². The van der Waals surface area contributed by atoms with Crippen LogP contribution in [0, 0.1) is 24.4 Å². The highest BCUT2D eigenvalue weighted by molar-refractivity contribution is 9.10. The number of aryl methyl sites for hydroxylation is 1. The summed E-state index contributed by atoms with van der Waals surface area (Å²) in [6.07, 6.45) is 2.15. The number of nitrogens with zero attached hydrogens (tertiary/aromatic N) is 2. The van der Waals surface area contributed by atoms with Gasteiger partial charge in [0.2, 0.25) is 10.0 Å². The fourth-order valence-corrected chi connectivity index (χ4v) is 4.90. The second kappa shape index (κ2) is 8.41. The third kappa shape index (κ3) is 4.10. The molecule has 2 rings (SSSR count). The van der Waals surface area contributed by atoms with Crippen LogP contribution in [0.5, 0.6) is 0 Å². The summed E-state index contributed by atoms with van der Waals surface area (Å²) in [5.41, 5.74) is -0.101. The average Bonchev–Trinajstić information content (AvgIpc) is 2.61. The predicted octanol–water partition coefficient (Wildman–Crippen LogP) is 3.49. The molecular formula is C17H14BrF3N2O4S. The smallest absolute Gasteiger partial charge is 0.318 e. The molecule has 6 nitrogen and oxygen atoms in total. The van der Waals surface area contributed by atoms with Crippen LogP contribution in [0.25, 0.3) is 6.08 Å². The summed E-state index contributed by atoms with van der Waals surface area (Å²) in [4.78, 5) is 13.8. The second-order valence-corrected chi connectivity index (χ2v) is 8.29. The molecule has 2 aromatic rings. The number of carbonyl (C=O) groups is 1. The molecule has 0 radical (unpaired) electrons. The van der Waals surface area contributed by atoms with Gasteiger partial charge in [0.25, 0.3) is 0 Å². The maximum Gasteiger partial charge on any atom is 0.318 e. The van der Waals surface area contributed by atoms with E-state index in [2.05, 4.69) is 27.5 Å². The quantitative estimate of drug-likeness (QED) is 0.615. The first-order chi connectivity index (χ1) is 13.0. The molecule has 11 heteroatoms. The first-order valence-electron chi connectivity index (χ1n) is 7.63. The summed E-state index contributed by atoms with van der Waals surface area (Å²) in [5.74, 6) is -6.51. The summed E-state index contributed by atoms with van der Waals surface area (Å²) in [5, 5.41) is 9.08. The molecule has 0 bridgehead atoms. The Morgan fingerprint density at radius 3 is 2.50 bits per heavy atom. The Balaban J connectivity index is 2.68. The minimum absolute atomic E-state index is 0.340. The Morgan fingerprint density at radius 1 is 1.32 bits per heavy atom. The van der Waals surface area contributed by atoms with Crippen molar-refractivity contribution in [1.29, 1.82) is 0 Å². The lowest BCUT2D eigenvalue weighted by atomic mass is 10.2. The van der Waals surface area contributed by atoms with E-state index in [1.54, 1.807) is 6.92 Å². The van der Waals surface area contributed by atoms with Gasteiger partial charge in [-0.05, 0) is 34.5 Å². The number of hydrogen-bond acceptors (Lipinski definition) is 4. The summed E-state index contributed by atoms with van der Waals surface area (Å²) in [6, 6.07) is 3.00. The number of sulfonamides is 1. The van der Waals surface area contributed by atoms with E-state index < -0.39 is 61.5 Å². The zero-order valence-electron chi connectivity index (χ0n) is 14.4. The number of aromatic nitrogens is 1. The maximum absolute atomic E-state index is 14.5. The Bertz CT molecular complexity index is 1030. The molecule has 28 heavy (non-hydrogen) atoms. The molecule has 1 N–H and O–H groups in total. The fraction of sp³-hybridized carbons (Fsp3) is 0.176. The first kappa shape index (κ1) is 22.1. The number of halogens is 4. The van der Waals surface area contributed by atoms with Crippen LogP contribution in [-0.4, -0.2) is 35.3 Å². The lowest BCUT2D eigenvalue weighted by molar-refractivity contribution is -0.137. The van der Waals surface area contributed by atoms with E-state index >= 15 is 0 Å². The lowest BCUT2D eigenvalue weighted by Gasteiger charge is -2.22. The zero-order valence-corrected chi connectivity index (χ0v) is 16.8. The summed E-state index contributed by atoms with van der Waals surface area (Å²) >= 11 is 2.63. The number of carboxylic acids is 1. The van der Waals surface area contributed by atoms with Gasteiger partial charge in [-0.25, -0.2) is 21.6 Å². The SMILES string of the molecule is C=Cc1c(F)c(F)c(S(=O)(=O)N(CC(=O)O)Cc2cccnc2C)c(Br)c1F. The van der Waals surface area contributed by atoms with Gasteiger partial charge in [0.05, 0.1) is 4.47 Å². The van der Waals surface area contributed by atoms with Gasteiger partial charge in [0, 0.05) is 24.0 Å². The molecule has 0 aliphatic rings. The topological polar surface area (TPSA) is 87.6 Å². The van der Waals surface area contributed by atoms with Gasteiger partial charge < -0.3 is 5.11 Å². The highest BCUT2D eigenvalue weighted by Gasteiger charge is 2.36. The van der Waals surface area contributed by atoms with Gasteiger partial charge in [-0.1, -0.05) is 18.7 Å². The largest absolute Gasteiger partial charge is 0.480 e. The first-order valence-corrected chi connectivity index (χ1v) is 9.86. The van der Waals surface area contributed by atoms with Gasteiger partial charge in [-0.3, -0.25) is 9.78 Å². The third-order valence-electron chi connectivity index (χ3n) is 3.83. The van der Waals surface area contributed by atoms with Gasteiger partial charge >= 0.3 is 5.97 Å². The molecule has 0 spiro atoms. The number of carboxylic acid groups (broad SMARTS) is 1. The summed E-state index contributed by atoms with van der Waals surface area (Å²) in [6.45, 7) is 3.17. The Kier molecular flexibility index (Phi) is 6.63. The number of benzene rings is 1. The Labute approximate surface area is 167 Å². The standard InChI is InChI=1S/C17H14BrF3N2O4S/c1-3-11-14(19)13(18)17(16(21)15(11)20)28(26,27)23(8-12(24)25)7-10-5-4-6-22-9(10)2/h3-6H,1,7-8H2,2H3,(H,24,25). The molecule has 0 aliphatic carbocycles. The van der Waals surface area contributed by atoms with Gasteiger partial charge in [0.1, 0.15) is 17.3 Å². The molecule has 1 aromatic heterocycles. The summed E-state index contributed by atoms with van der Waals surface area (Å²) in [7, 11) is -4.95. The van der Waals surface area contributed by atoms with E-state index in [4.69, 9.17) is 5.11 Å². The van der Waals surface area contributed by atoms with Crippen molar-refractivity contribution < 1.29 is 31.5 Å². The third-order valence-corrected chi connectivity index (χ3v) is 6.68. The van der Waals surface area contributed by atoms with E-state index in [-0.39, 0.29) is 0 Å². The van der Waals surface area contributed by atoms with Crippen molar-refractivity contribution in [1.82, 2.24) is 9.29 Å². The summed E-state index contributed by atoms with van der Waals surface area (Å²) < 4.78 is 68.4. The Morgan fingerprint density at radius 2 is 1.96 bits per heavy atom. The van der Waals surface area contributed by atoms with E-state index in [9.17, 15) is 26.4 Å². The highest BCUT2D eigenvalue weighted by Crippen LogP contribution is 2.35. The normalized spacial score (nSPS) is 11.6. The van der Waals surface area contributed by atoms with Crippen molar-refractivity contribution in [2.75, 3.05) is 6.54 Å². The molecule has 0 saturated carbocycles. The second-order valence-electron chi connectivity index (χ2n) is 5.62. The van der Waals surface area contributed by atoms with E-state index in [1.165, 1.54) is 18.3 Å². The number of aliphatic carboxylic acids is 1. The molecule has 1 heterocycles. The lowest BCUT2D eigenvalue weighted by Crippen LogP contribution is -2.36.